The van der Waals surface area contributed by atoms with Gasteiger partial charge in [-0.15, -0.1) is 0 Å². The van der Waals surface area contributed by atoms with Crippen LogP contribution in [0.2, 0.25) is 0 Å². The number of benzene rings is 3. The van der Waals surface area contributed by atoms with Gasteiger partial charge in [-0.1, -0.05) is 104 Å². The van der Waals surface area contributed by atoms with Crippen LogP contribution in [0.25, 0.3) is 67.2 Å². The molecule has 0 fully saturated rings. The van der Waals surface area contributed by atoms with E-state index in [1.54, 1.807) is 12.4 Å². The predicted molar refractivity (Wildman–Crippen MR) is 197 cm³/mol. The van der Waals surface area contributed by atoms with Crippen LogP contribution in [0.4, 0.5) is 0 Å². The predicted octanol–water partition coefficient (Wildman–Crippen LogP) is 11.0. The van der Waals surface area contributed by atoms with Gasteiger partial charge in [0, 0.05) is 38.6 Å². The van der Waals surface area contributed by atoms with Crippen LogP contribution in [0.5, 0.6) is 0 Å². The lowest BCUT2D eigenvalue weighted by molar-refractivity contribution is 0.594. The minimum absolute atomic E-state index is 0.0826. The zero-order valence-corrected chi connectivity index (χ0v) is 27.2. The van der Waals surface area contributed by atoms with Crippen LogP contribution >= 0.6 is 11.8 Å². The molecule has 48 heavy (non-hydrogen) atoms. The quantitative estimate of drug-likeness (QED) is 0.189. The molecule has 228 valence electrons. The van der Waals surface area contributed by atoms with Gasteiger partial charge in [-0.3, -0.25) is 9.97 Å². The number of nitrogens with zero attached hydrogens (tertiary/aromatic N) is 4. The normalized spacial score (nSPS) is 16.4. The van der Waals surface area contributed by atoms with Gasteiger partial charge in [0.15, 0.2) is 0 Å². The second-order valence-corrected chi connectivity index (χ2v) is 13.5. The van der Waals surface area contributed by atoms with Crippen LogP contribution in [0.3, 0.4) is 0 Å². The summed E-state index contributed by atoms with van der Waals surface area (Å²) in [5.41, 5.74) is 12.3. The fraction of sp³-hybridized carbons (Fsp3) is 0.0698. The summed E-state index contributed by atoms with van der Waals surface area (Å²) < 4.78 is 0. The highest BCUT2D eigenvalue weighted by molar-refractivity contribution is 8.03. The average Bonchev–Trinajstić information content (AvgIpc) is 3.48. The SMILES string of the molecule is CC12CC=CC=C1Sc1c(-c3ccccc3)nc3ccc(-c4cccc(-c5cc(-c6ccccn6)nc(-c6ccccn6)c5)c4)cc3c12. The highest BCUT2D eigenvalue weighted by Gasteiger charge is 2.43. The standard InChI is InChI=1S/C43H30N4S/c1-43-21-8-5-18-39(43)48-42-40(43)33-25-31(19-20-34(33)47-41(42)28-12-3-2-4-13-28)29-14-11-15-30(24-29)32-26-37(35-16-6-9-22-44-35)46-38(27-32)36-17-7-10-23-45-36/h2-20,22-27H,21H2,1H3. The van der Waals surface area contributed by atoms with Gasteiger partial charge in [0.1, 0.15) is 0 Å². The van der Waals surface area contributed by atoms with Crippen molar-refractivity contribution in [3.05, 3.63) is 162 Å². The molecule has 1 aliphatic carbocycles. The van der Waals surface area contributed by atoms with Crippen LogP contribution in [0, 0.1) is 0 Å². The molecule has 1 unspecified atom stereocenters. The molecule has 4 nitrogen and oxygen atoms in total. The maximum absolute atomic E-state index is 5.30. The van der Waals surface area contributed by atoms with Crippen molar-refractivity contribution in [2.24, 2.45) is 0 Å². The van der Waals surface area contributed by atoms with Crippen LogP contribution in [0.15, 0.2) is 162 Å². The molecular formula is C43H30N4S. The number of allylic oxidation sites excluding steroid dienone is 4. The molecule has 2 aliphatic rings. The number of hydrogen-bond acceptors (Lipinski definition) is 5. The summed E-state index contributed by atoms with van der Waals surface area (Å²) in [7, 11) is 0. The second kappa shape index (κ2) is 11.5. The first-order valence-corrected chi connectivity index (χ1v) is 17.0. The van der Waals surface area contributed by atoms with Gasteiger partial charge in [0.05, 0.1) is 34.0 Å². The Bertz CT molecular complexity index is 2340. The molecule has 9 rings (SSSR count). The zero-order valence-electron chi connectivity index (χ0n) is 26.3. The van der Waals surface area contributed by atoms with Crippen molar-refractivity contribution in [2.45, 2.75) is 23.7 Å². The van der Waals surface area contributed by atoms with Crippen molar-refractivity contribution in [1.82, 2.24) is 19.9 Å². The maximum atomic E-state index is 5.30. The van der Waals surface area contributed by atoms with Crippen molar-refractivity contribution in [3.8, 4) is 56.3 Å². The first-order valence-electron chi connectivity index (χ1n) is 16.2. The molecule has 4 aromatic heterocycles. The first-order chi connectivity index (χ1) is 23.6. The number of pyridine rings is 4. The van der Waals surface area contributed by atoms with Gasteiger partial charge in [-0.05, 0) is 88.8 Å². The van der Waals surface area contributed by atoms with Gasteiger partial charge >= 0.3 is 0 Å². The van der Waals surface area contributed by atoms with E-state index in [0.29, 0.717) is 0 Å². The van der Waals surface area contributed by atoms with Gasteiger partial charge in [0.25, 0.3) is 0 Å². The third kappa shape index (κ3) is 4.86. The van der Waals surface area contributed by atoms with Gasteiger partial charge in [-0.25, -0.2) is 9.97 Å². The Morgan fingerprint density at radius 3 is 1.96 bits per heavy atom. The van der Waals surface area contributed by atoms with E-state index in [9.17, 15) is 0 Å². The van der Waals surface area contributed by atoms with Crippen molar-refractivity contribution in [3.63, 3.8) is 0 Å². The smallest absolute Gasteiger partial charge is 0.0900 e. The van der Waals surface area contributed by atoms with Crippen LogP contribution in [-0.2, 0) is 5.41 Å². The van der Waals surface area contributed by atoms with E-state index in [-0.39, 0.29) is 5.41 Å². The van der Waals surface area contributed by atoms with E-state index in [1.807, 2.05) is 48.2 Å². The molecule has 7 aromatic rings. The largest absolute Gasteiger partial charge is 0.255 e. The summed E-state index contributed by atoms with van der Waals surface area (Å²) in [5.74, 6) is 0. The summed E-state index contributed by atoms with van der Waals surface area (Å²) in [6.45, 7) is 2.39. The minimum atomic E-state index is -0.0826. The summed E-state index contributed by atoms with van der Waals surface area (Å²) in [6.07, 6.45) is 11.4. The topological polar surface area (TPSA) is 51.6 Å². The van der Waals surface area contributed by atoms with E-state index in [4.69, 9.17) is 9.97 Å². The molecule has 5 heterocycles. The third-order valence-corrected chi connectivity index (χ3v) is 10.8. The van der Waals surface area contributed by atoms with Crippen LogP contribution < -0.4 is 0 Å². The summed E-state index contributed by atoms with van der Waals surface area (Å²) in [6, 6.07) is 42.2. The molecule has 0 saturated heterocycles. The van der Waals surface area contributed by atoms with Crippen molar-refractivity contribution >= 4 is 22.7 Å². The monoisotopic (exact) mass is 634 g/mol. The van der Waals surface area contributed by atoms with E-state index in [1.165, 1.54) is 26.3 Å². The third-order valence-electron chi connectivity index (χ3n) is 9.41. The van der Waals surface area contributed by atoms with Crippen LogP contribution in [0.1, 0.15) is 18.9 Å². The van der Waals surface area contributed by atoms with Crippen molar-refractivity contribution < 1.29 is 0 Å². The lowest BCUT2D eigenvalue weighted by Crippen LogP contribution is -2.21. The Balaban J connectivity index is 1.19. The Labute approximate surface area is 284 Å². The highest BCUT2D eigenvalue weighted by Crippen LogP contribution is 2.59. The van der Waals surface area contributed by atoms with Crippen LogP contribution in [-0.4, -0.2) is 19.9 Å². The molecule has 3 aromatic carbocycles. The number of thioether (sulfide) groups is 1. The molecule has 1 aliphatic heterocycles. The minimum Gasteiger partial charge on any atom is -0.255 e. The van der Waals surface area contributed by atoms with Crippen molar-refractivity contribution in [2.75, 3.05) is 0 Å². The van der Waals surface area contributed by atoms with Gasteiger partial charge in [0.2, 0.25) is 0 Å². The molecule has 0 radical (unpaired) electrons. The Morgan fingerprint density at radius 1 is 0.583 bits per heavy atom. The summed E-state index contributed by atoms with van der Waals surface area (Å²) in [4.78, 5) is 22.1. The van der Waals surface area contributed by atoms with Crippen molar-refractivity contribution in [1.29, 1.82) is 0 Å². The molecular weight excluding hydrogens is 605 g/mol. The Hall–Kier alpha value is -5.65. The molecule has 0 N–H and O–H groups in total. The lowest BCUT2D eigenvalue weighted by atomic mass is 9.75. The molecule has 5 heteroatoms. The molecule has 0 spiro atoms. The number of hydrogen-bond donors (Lipinski definition) is 0. The highest BCUT2D eigenvalue weighted by atomic mass is 32.2. The number of aromatic nitrogens is 4. The fourth-order valence-corrected chi connectivity index (χ4v) is 8.43. The fourth-order valence-electron chi connectivity index (χ4n) is 6.96. The van der Waals surface area contributed by atoms with E-state index >= 15 is 0 Å². The zero-order chi connectivity index (χ0) is 32.1. The first kappa shape index (κ1) is 28.6. The summed E-state index contributed by atoms with van der Waals surface area (Å²) in [5, 5.41) is 1.22. The Kier molecular flexibility index (Phi) is 6.87. The molecule has 0 amide bonds. The number of fused-ring (bicyclic) bond motifs is 5. The Morgan fingerprint density at radius 2 is 1.25 bits per heavy atom. The lowest BCUT2D eigenvalue weighted by Gasteiger charge is -2.28. The van der Waals surface area contributed by atoms with E-state index in [2.05, 4.69) is 120 Å². The molecule has 1 atom stereocenters. The molecule has 0 saturated carbocycles. The maximum Gasteiger partial charge on any atom is 0.0900 e. The van der Waals surface area contributed by atoms with E-state index < -0.39 is 0 Å². The van der Waals surface area contributed by atoms with Gasteiger partial charge in [-0.2, -0.15) is 0 Å². The van der Waals surface area contributed by atoms with Gasteiger partial charge < -0.3 is 0 Å². The van der Waals surface area contributed by atoms with E-state index in [0.717, 1.165) is 62.7 Å². The second-order valence-electron chi connectivity index (χ2n) is 12.5. The molecule has 0 bridgehead atoms. The summed E-state index contributed by atoms with van der Waals surface area (Å²) >= 11 is 1.89. The average molecular weight is 635 g/mol. The number of rotatable bonds is 5.